The second-order valence-electron chi connectivity index (χ2n) is 8.57. The van der Waals surface area contributed by atoms with E-state index < -0.39 is 5.60 Å². The number of carbonyl (C=O) groups excluding carboxylic acids is 1. The van der Waals surface area contributed by atoms with Crippen LogP contribution < -0.4 is 10.2 Å². The Morgan fingerprint density at radius 1 is 1.29 bits per heavy atom. The number of ether oxygens (including phenoxy) is 2. The predicted molar refractivity (Wildman–Crippen MR) is 119 cm³/mol. The normalized spacial score (nSPS) is 20.3. The van der Waals surface area contributed by atoms with Crippen molar-refractivity contribution >= 4 is 28.3 Å². The van der Waals surface area contributed by atoms with E-state index in [-0.39, 0.29) is 5.91 Å². The third-order valence-corrected chi connectivity index (χ3v) is 6.19. The van der Waals surface area contributed by atoms with Crippen LogP contribution in [0.4, 0.5) is 11.5 Å². The van der Waals surface area contributed by atoms with Crippen LogP contribution in [-0.2, 0) is 33.3 Å². The van der Waals surface area contributed by atoms with Crippen LogP contribution in [0.2, 0.25) is 0 Å². The van der Waals surface area contributed by atoms with Crippen molar-refractivity contribution in [2.24, 2.45) is 7.05 Å². The highest BCUT2D eigenvalue weighted by atomic mass is 16.6. The molecule has 3 aromatic rings. The fraction of sp³-hybridized carbons (Fsp3) is 0.435. The smallest absolute Gasteiger partial charge is 0.222 e. The third-order valence-electron chi connectivity index (χ3n) is 6.19. The van der Waals surface area contributed by atoms with Gasteiger partial charge in [0.15, 0.2) is 0 Å². The van der Waals surface area contributed by atoms with E-state index in [0.29, 0.717) is 25.6 Å². The number of nitrogens with zero attached hydrogens (tertiary/aromatic N) is 4. The van der Waals surface area contributed by atoms with Crippen molar-refractivity contribution < 1.29 is 14.3 Å². The van der Waals surface area contributed by atoms with Gasteiger partial charge in [-0.2, -0.15) is 0 Å². The first kappa shape index (κ1) is 20.0. The van der Waals surface area contributed by atoms with Gasteiger partial charge in [0.1, 0.15) is 11.4 Å². The number of amides is 1. The maximum Gasteiger partial charge on any atom is 0.222 e. The first-order valence-corrected chi connectivity index (χ1v) is 10.5. The van der Waals surface area contributed by atoms with Gasteiger partial charge in [0.05, 0.1) is 36.3 Å². The second-order valence-corrected chi connectivity index (χ2v) is 8.57. The number of rotatable bonds is 3. The van der Waals surface area contributed by atoms with E-state index in [9.17, 15) is 4.79 Å². The first-order chi connectivity index (χ1) is 14.9. The number of carbonyl (C=O) groups is 1. The highest BCUT2D eigenvalue weighted by Gasteiger charge is 2.44. The molecule has 3 aromatic heterocycles. The van der Waals surface area contributed by atoms with Gasteiger partial charge in [0.2, 0.25) is 5.91 Å². The monoisotopic (exact) mass is 421 g/mol. The maximum absolute atomic E-state index is 11.5. The van der Waals surface area contributed by atoms with Crippen LogP contribution in [0.5, 0.6) is 0 Å². The Bertz CT molecular complexity index is 1180. The second kappa shape index (κ2) is 7.32. The Morgan fingerprint density at radius 3 is 2.84 bits per heavy atom. The molecule has 1 N–H and O–H groups in total. The number of hydrogen-bond donors (Lipinski definition) is 1. The zero-order valence-electron chi connectivity index (χ0n) is 18.4. The molecule has 0 bridgehead atoms. The molecule has 0 saturated carbocycles. The van der Waals surface area contributed by atoms with Gasteiger partial charge in [-0.1, -0.05) is 0 Å². The fourth-order valence-corrected chi connectivity index (χ4v) is 4.71. The molecule has 5 rings (SSSR count). The molecule has 1 spiro atoms. The van der Waals surface area contributed by atoms with Gasteiger partial charge in [0, 0.05) is 69.5 Å². The lowest BCUT2D eigenvalue weighted by atomic mass is 9.88. The van der Waals surface area contributed by atoms with Crippen molar-refractivity contribution in [3.63, 3.8) is 0 Å². The SMILES string of the molecule is CC(=O)Nc1cc2c(-c3cc(N(C)C)c4c(n3)C3(CCOC3)OCC4)cn(C)c2cn1. The van der Waals surface area contributed by atoms with Crippen LogP contribution in [0.15, 0.2) is 24.5 Å². The molecule has 1 fully saturated rings. The van der Waals surface area contributed by atoms with E-state index in [4.69, 9.17) is 14.5 Å². The summed E-state index contributed by atoms with van der Waals surface area (Å²) >= 11 is 0. The first-order valence-electron chi connectivity index (χ1n) is 10.5. The number of hydrogen-bond acceptors (Lipinski definition) is 6. The Hall–Kier alpha value is -2.97. The summed E-state index contributed by atoms with van der Waals surface area (Å²) in [6, 6.07) is 4.06. The van der Waals surface area contributed by atoms with Crippen LogP contribution in [0.1, 0.15) is 24.6 Å². The summed E-state index contributed by atoms with van der Waals surface area (Å²) in [5.74, 6) is 0.383. The predicted octanol–water partition coefficient (Wildman–Crippen LogP) is 2.85. The van der Waals surface area contributed by atoms with Gasteiger partial charge in [-0.15, -0.1) is 0 Å². The molecule has 0 radical (unpaired) electrons. The maximum atomic E-state index is 11.5. The summed E-state index contributed by atoms with van der Waals surface area (Å²) in [4.78, 5) is 23.2. The molecule has 8 heteroatoms. The zero-order valence-corrected chi connectivity index (χ0v) is 18.4. The van der Waals surface area contributed by atoms with E-state index in [1.54, 1.807) is 6.20 Å². The number of pyridine rings is 2. The molecule has 0 aromatic carbocycles. The Morgan fingerprint density at radius 2 is 2.13 bits per heavy atom. The van der Waals surface area contributed by atoms with Gasteiger partial charge in [-0.25, -0.2) is 9.97 Å². The quantitative estimate of drug-likeness (QED) is 0.700. The molecule has 5 heterocycles. The molecule has 1 saturated heterocycles. The fourth-order valence-electron chi connectivity index (χ4n) is 4.71. The lowest BCUT2D eigenvalue weighted by Gasteiger charge is -2.36. The largest absolute Gasteiger partial charge is 0.378 e. The highest BCUT2D eigenvalue weighted by molar-refractivity contribution is 5.98. The molecular formula is C23H27N5O3. The van der Waals surface area contributed by atoms with Gasteiger partial charge < -0.3 is 24.3 Å². The van der Waals surface area contributed by atoms with Crippen molar-refractivity contribution in [3.8, 4) is 11.3 Å². The van der Waals surface area contributed by atoms with Crippen LogP contribution in [0, 0.1) is 0 Å². The number of aromatic nitrogens is 3. The lowest BCUT2D eigenvalue weighted by molar-refractivity contribution is -0.114. The standard InChI is InChI=1S/C23H27N5O3/c1-14(29)25-21-9-16-17(12-28(4)20(16)11-24-21)18-10-19(27(2)3)15-5-7-31-23(22(15)26-18)6-8-30-13-23/h9-12H,5-8,13H2,1-4H3,(H,24,25,29). The molecule has 1 amide bonds. The molecule has 8 nitrogen and oxygen atoms in total. The zero-order chi connectivity index (χ0) is 21.8. The van der Waals surface area contributed by atoms with Crippen LogP contribution in [-0.4, -0.2) is 54.4 Å². The number of aryl methyl sites for hydroxylation is 1. The molecule has 31 heavy (non-hydrogen) atoms. The van der Waals surface area contributed by atoms with Crippen LogP contribution in [0.25, 0.3) is 22.2 Å². The Kier molecular flexibility index (Phi) is 4.71. The van der Waals surface area contributed by atoms with Crippen molar-refractivity contribution in [2.45, 2.75) is 25.4 Å². The minimum atomic E-state index is -0.470. The number of anilines is 2. The number of fused-ring (bicyclic) bond motifs is 3. The Balaban J connectivity index is 1.73. The summed E-state index contributed by atoms with van der Waals surface area (Å²) in [5.41, 5.74) is 5.77. The van der Waals surface area contributed by atoms with Crippen molar-refractivity contribution in [2.75, 3.05) is 44.1 Å². The van der Waals surface area contributed by atoms with Gasteiger partial charge in [-0.3, -0.25) is 4.79 Å². The molecule has 2 aliphatic heterocycles. The third kappa shape index (κ3) is 3.26. The summed E-state index contributed by atoms with van der Waals surface area (Å²) in [6.45, 7) is 3.38. The molecule has 1 unspecified atom stereocenters. The van der Waals surface area contributed by atoms with Crippen molar-refractivity contribution in [1.29, 1.82) is 0 Å². The van der Waals surface area contributed by atoms with Gasteiger partial charge in [0.25, 0.3) is 0 Å². The topological polar surface area (TPSA) is 81.5 Å². The molecule has 2 aliphatic rings. The highest BCUT2D eigenvalue weighted by Crippen LogP contribution is 2.43. The number of nitrogens with one attached hydrogen (secondary N) is 1. The Labute approximate surface area is 181 Å². The molecular weight excluding hydrogens is 394 g/mol. The minimum absolute atomic E-state index is 0.147. The van der Waals surface area contributed by atoms with E-state index in [0.717, 1.165) is 46.4 Å². The van der Waals surface area contributed by atoms with Gasteiger partial charge >= 0.3 is 0 Å². The van der Waals surface area contributed by atoms with E-state index >= 15 is 0 Å². The average molecular weight is 422 g/mol. The average Bonchev–Trinajstić information content (AvgIpc) is 3.32. The summed E-state index contributed by atoms with van der Waals surface area (Å²) in [5, 5.41) is 3.77. The van der Waals surface area contributed by atoms with E-state index in [2.05, 4.69) is 41.6 Å². The summed E-state index contributed by atoms with van der Waals surface area (Å²) in [6.07, 6.45) is 5.50. The van der Waals surface area contributed by atoms with E-state index in [1.165, 1.54) is 12.5 Å². The molecule has 0 aliphatic carbocycles. The van der Waals surface area contributed by atoms with Gasteiger partial charge in [-0.05, 0) is 18.6 Å². The van der Waals surface area contributed by atoms with Crippen LogP contribution >= 0.6 is 0 Å². The summed E-state index contributed by atoms with van der Waals surface area (Å²) < 4.78 is 14.0. The van der Waals surface area contributed by atoms with E-state index in [1.807, 2.05) is 17.7 Å². The van der Waals surface area contributed by atoms with Crippen LogP contribution in [0.3, 0.4) is 0 Å². The van der Waals surface area contributed by atoms with Crippen molar-refractivity contribution in [1.82, 2.24) is 14.5 Å². The lowest BCUT2D eigenvalue weighted by Crippen LogP contribution is -2.38. The molecule has 1 atom stereocenters. The minimum Gasteiger partial charge on any atom is -0.378 e. The summed E-state index contributed by atoms with van der Waals surface area (Å²) in [7, 11) is 6.12. The molecule has 162 valence electrons. The van der Waals surface area contributed by atoms with Crippen molar-refractivity contribution in [3.05, 3.63) is 35.8 Å².